The van der Waals surface area contributed by atoms with Gasteiger partial charge >= 0.3 is 85.3 Å². The Labute approximate surface area is 85.4 Å². The van der Waals surface area contributed by atoms with Crippen LogP contribution in [0.4, 0.5) is 0 Å². The van der Waals surface area contributed by atoms with E-state index in [1.165, 1.54) is 0 Å². The van der Waals surface area contributed by atoms with Crippen LogP contribution in [-0.2, 0) is 25.8 Å². The Morgan fingerprint density at radius 3 is 2.92 bits per heavy atom. The van der Waals surface area contributed by atoms with Gasteiger partial charge < -0.3 is 0 Å². The molecular weight excluding hydrogens is 234 g/mol. The molecule has 0 radical (unpaired) electrons. The van der Waals surface area contributed by atoms with Gasteiger partial charge in [-0.2, -0.15) is 0 Å². The Kier molecular flexibility index (Phi) is 2.74. The van der Waals surface area contributed by atoms with Gasteiger partial charge in [0.2, 0.25) is 0 Å². The van der Waals surface area contributed by atoms with Crippen molar-refractivity contribution in [1.82, 2.24) is 4.98 Å². The first-order chi connectivity index (χ1) is 6.36. The van der Waals surface area contributed by atoms with Gasteiger partial charge in [0.1, 0.15) is 0 Å². The van der Waals surface area contributed by atoms with Crippen molar-refractivity contribution in [3.63, 3.8) is 0 Å². The van der Waals surface area contributed by atoms with Crippen LogP contribution in [0.5, 0.6) is 0 Å². The van der Waals surface area contributed by atoms with Crippen LogP contribution in [0.15, 0.2) is 45.8 Å². The molecule has 0 saturated heterocycles. The number of allylic oxidation sites excluding steroid dienone is 2. The van der Waals surface area contributed by atoms with Crippen molar-refractivity contribution in [3.8, 4) is 0 Å². The molecular formula is C9H7CuNOS. The molecule has 1 atom stereocenters. The van der Waals surface area contributed by atoms with Gasteiger partial charge in [0, 0.05) is 0 Å². The van der Waals surface area contributed by atoms with E-state index in [0.717, 1.165) is 8.40 Å². The molecule has 0 aromatic carbocycles. The number of pyridine rings is 1. The monoisotopic (exact) mass is 240 g/mol. The van der Waals surface area contributed by atoms with Gasteiger partial charge in [-0.3, -0.25) is 0 Å². The number of nitrogens with zero attached hydrogens (tertiary/aromatic N) is 1. The number of hydrogen-bond donors (Lipinski definition) is 0. The average Bonchev–Trinajstić information content (AvgIpc) is 2.54. The summed E-state index contributed by atoms with van der Waals surface area (Å²) in [5.74, 6) is 0. The third kappa shape index (κ3) is 2.15. The van der Waals surface area contributed by atoms with E-state index >= 15 is 0 Å². The third-order valence-corrected chi connectivity index (χ3v) is 3.98. The predicted octanol–water partition coefficient (Wildman–Crippen LogP) is 0.907. The fourth-order valence-electron chi connectivity index (χ4n) is 0.811. The van der Waals surface area contributed by atoms with E-state index in [-0.39, 0.29) is 0 Å². The van der Waals surface area contributed by atoms with Crippen LogP contribution in [0.1, 0.15) is 0 Å². The first-order valence-corrected chi connectivity index (χ1v) is 5.79. The van der Waals surface area contributed by atoms with Crippen molar-refractivity contribution < 1.29 is 19.2 Å². The van der Waals surface area contributed by atoms with Crippen LogP contribution < -0.4 is 4.59 Å². The van der Waals surface area contributed by atoms with Crippen molar-refractivity contribution in [2.24, 2.45) is 0 Å². The van der Waals surface area contributed by atoms with Crippen LogP contribution in [0.2, 0.25) is 0 Å². The summed E-state index contributed by atoms with van der Waals surface area (Å²) in [5.41, 5.74) is 0. The zero-order valence-electron chi connectivity index (χ0n) is 6.61. The maximum atomic E-state index is 11.3. The standard InChI is InChI=1S/C5H4N.C4H3OS.Cu/c1-2-4-6-5-3-1;5-6-3-1-2-4-6;/h1-4H;1-3H;. The molecule has 2 heterocycles. The van der Waals surface area contributed by atoms with Crippen LogP contribution in [0.25, 0.3) is 0 Å². The first-order valence-electron chi connectivity index (χ1n) is 3.63. The molecule has 4 heteroatoms. The summed E-state index contributed by atoms with van der Waals surface area (Å²) >= 11 is 1.54. The zero-order valence-corrected chi connectivity index (χ0v) is 8.36. The molecule has 1 unspecified atom stereocenters. The van der Waals surface area contributed by atoms with Gasteiger partial charge in [-0.25, -0.2) is 0 Å². The van der Waals surface area contributed by atoms with Gasteiger partial charge in [0.05, 0.1) is 0 Å². The summed E-state index contributed by atoms with van der Waals surface area (Å²) in [4.78, 5) is 4.13. The summed E-state index contributed by atoms with van der Waals surface area (Å²) in [7, 11) is -0.962. The van der Waals surface area contributed by atoms with Gasteiger partial charge in [-0.05, 0) is 0 Å². The number of aromatic nitrogens is 1. The molecule has 0 fully saturated rings. The molecule has 71 valence electrons. The fraction of sp³-hybridized carbons (Fsp3) is 0. The second-order valence-electron chi connectivity index (χ2n) is 2.25. The minimum absolute atomic E-state index is 0.836. The maximum absolute atomic E-state index is 11.3. The van der Waals surface area contributed by atoms with Gasteiger partial charge in [0.25, 0.3) is 0 Å². The van der Waals surface area contributed by atoms with E-state index in [0.29, 0.717) is 0 Å². The van der Waals surface area contributed by atoms with Crippen molar-refractivity contribution in [2.75, 3.05) is 0 Å². The fourth-order valence-corrected chi connectivity index (χ4v) is 2.87. The van der Waals surface area contributed by atoms with Crippen LogP contribution in [-0.4, -0.2) is 9.19 Å². The normalized spacial score (nSPS) is 20.6. The van der Waals surface area contributed by atoms with E-state index in [9.17, 15) is 4.21 Å². The molecule has 2 rings (SSSR count). The summed E-state index contributed by atoms with van der Waals surface area (Å²) in [6, 6.07) is 5.68. The molecule has 1 aliphatic rings. The SMILES string of the molecule is O=S1C=CC=[C]1[Cu][c]1ccccn1. The Morgan fingerprint density at radius 1 is 1.38 bits per heavy atom. The van der Waals surface area contributed by atoms with E-state index in [2.05, 4.69) is 4.98 Å². The van der Waals surface area contributed by atoms with Crippen molar-refractivity contribution >= 4 is 15.4 Å². The van der Waals surface area contributed by atoms with Crippen molar-refractivity contribution in [1.29, 1.82) is 0 Å². The van der Waals surface area contributed by atoms with E-state index < -0.39 is 10.8 Å². The van der Waals surface area contributed by atoms with Crippen LogP contribution in [0.3, 0.4) is 0 Å². The van der Waals surface area contributed by atoms with Crippen LogP contribution in [0, 0.1) is 0 Å². The summed E-state index contributed by atoms with van der Waals surface area (Å²) in [6.07, 6.45) is 5.38. The zero-order chi connectivity index (χ0) is 9.10. The second kappa shape index (κ2) is 4.01. The molecule has 0 bridgehead atoms. The molecule has 13 heavy (non-hydrogen) atoms. The topological polar surface area (TPSA) is 30.0 Å². The van der Waals surface area contributed by atoms with Gasteiger partial charge in [-0.15, -0.1) is 0 Å². The molecule has 1 aliphatic heterocycles. The Balaban J connectivity index is 2.12. The molecule has 0 N–H and O–H groups in total. The molecule has 1 aromatic heterocycles. The molecule has 0 spiro atoms. The van der Waals surface area contributed by atoms with Crippen molar-refractivity contribution in [3.05, 3.63) is 45.8 Å². The third-order valence-electron chi connectivity index (χ3n) is 1.35. The summed E-state index contributed by atoms with van der Waals surface area (Å²) in [6.45, 7) is 0. The van der Waals surface area contributed by atoms with E-state index in [1.807, 2.05) is 24.3 Å². The number of rotatable bonds is 2. The Morgan fingerprint density at radius 2 is 2.31 bits per heavy atom. The number of hydrogen-bond acceptors (Lipinski definition) is 2. The average molecular weight is 241 g/mol. The Bertz CT molecular complexity index is 386. The minimum atomic E-state index is -0.962. The quantitative estimate of drug-likeness (QED) is 0.720. The molecule has 1 aromatic rings. The molecule has 2 nitrogen and oxygen atoms in total. The first kappa shape index (κ1) is 8.88. The second-order valence-corrected chi connectivity index (χ2v) is 5.04. The molecule has 0 amide bonds. The van der Waals surface area contributed by atoms with Gasteiger partial charge in [-0.1, -0.05) is 0 Å². The van der Waals surface area contributed by atoms with Gasteiger partial charge in [0.15, 0.2) is 0 Å². The van der Waals surface area contributed by atoms with E-state index in [1.54, 1.807) is 32.6 Å². The molecule has 0 aliphatic carbocycles. The van der Waals surface area contributed by atoms with Crippen LogP contribution >= 0.6 is 0 Å². The summed E-state index contributed by atoms with van der Waals surface area (Å²) in [5, 5.41) is 1.67. The Hall–Kier alpha value is -0.701. The summed E-state index contributed by atoms with van der Waals surface area (Å²) < 4.78 is 13.0. The van der Waals surface area contributed by atoms with E-state index in [4.69, 9.17) is 0 Å². The predicted molar refractivity (Wildman–Crippen MR) is 49.2 cm³/mol. The van der Waals surface area contributed by atoms with Crippen molar-refractivity contribution in [2.45, 2.75) is 0 Å². The molecule has 0 saturated carbocycles.